The van der Waals surface area contributed by atoms with Crippen LogP contribution in [-0.4, -0.2) is 50.8 Å². The lowest BCUT2D eigenvalue weighted by molar-refractivity contribution is 0.554. The molecule has 0 unspecified atom stereocenters. The molecule has 150 valence electrons. The number of hydrogen-bond acceptors (Lipinski definition) is 4. The molecule has 0 fully saturated rings. The van der Waals surface area contributed by atoms with Gasteiger partial charge in [0.15, 0.2) is 15.8 Å². The minimum absolute atomic E-state index is 0. The van der Waals surface area contributed by atoms with Gasteiger partial charge in [0.2, 0.25) is 0 Å². The second-order valence-electron chi connectivity index (χ2n) is 6.31. The summed E-state index contributed by atoms with van der Waals surface area (Å²) in [5.41, 5.74) is 0. The van der Waals surface area contributed by atoms with Crippen LogP contribution in [0.4, 0.5) is 4.39 Å². The first kappa shape index (κ1) is 25.4. The molecule has 1 aromatic carbocycles. The van der Waals surface area contributed by atoms with Gasteiger partial charge in [-0.25, -0.2) is 12.8 Å². The summed E-state index contributed by atoms with van der Waals surface area (Å²) >= 11 is 1.67. The summed E-state index contributed by atoms with van der Waals surface area (Å²) in [5, 5.41) is 6.33. The zero-order valence-corrected chi connectivity index (χ0v) is 19.7. The Morgan fingerprint density at radius 3 is 2.38 bits per heavy atom. The monoisotopic (exact) mass is 517 g/mol. The molecule has 0 aliphatic carbocycles. The topological polar surface area (TPSA) is 70.6 Å². The average molecular weight is 517 g/mol. The molecule has 5 nitrogen and oxygen atoms in total. The molecule has 2 N–H and O–H groups in total. The maximum Gasteiger partial charge on any atom is 0.191 e. The van der Waals surface area contributed by atoms with E-state index in [1.54, 1.807) is 37.7 Å². The fourth-order valence-corrected chi connectivity index (χ4v) is 2.88. The Balaban J connectivity index is 0.00000625. The lowest BCUT2D eigenvalue weighted by atomic mass is 10.2. The first-order valence-corrected chi connectivity index (χ1v) is 11.1. The Kier molecular flexibility index (Phi) is 11.8. The summed E-state index contributed by atoms with van der Waals surface area (Å²) in [7, 11) is -3.17. The van der Waals surface area contributed by atoms with Crippen molar-refractivity contribution in [3.63, 3.8) is 0 Å². The normalized spacial score (nSPS) is 12.4. The van der Waals surface area contributed by atoms with Crippen LogP contribution in [0.15, 0.2) is 34.2 Å². The summed E-state index contributed by atoms with van der Waals surface area (Å²) in [6.45, 7) is 6.94. The number of aliphatic imine (C=N–C) groups is 1. The zero-order valence-electron chi connectivity index (χ0n) is 15.7. The molecule has 1 aromatic rings. The van der Waals surface area contributed by atoms with E-state index in [0.717, 1.165) is 23.6 Å². The van der Waals surface area contributed by atoms with Gasteiger partial charge in [-0.3, -0.25) is 4.99 Å². The average Bonchev–Trinajstić information content (AvgIpc) is 2.53. The summed E-state index contributed by atoms with van der Waals surface area (Å²) in [6, 6.07) is 6.46. The number of halogens is 2. The molecular weight excluding hydrogens is 488 g/mol. The van der Waals surface area contributed by atoms with Crippen molar-refractivity contribution in [2.75, 3.05) is 31.6 Å². The number of rotatable bonds is 9. The molecule has 0 saturated heterocycles. The van der Waals surface area contributed by atoms with Crippen LogP contribution in [0, 0.1) is 5.82 Å². The first-order chi connectivity index (χ1) is 11.7. The predicted molar refractivity (Wildman–Crippen MR) is 120 cm³/mol. The van der Waals surface area contributed by atoms with E-state index in [1.165, 1.54) is 18.4 Å². The van der Waals surface area contributed by atoms with Crippen molar-refractivity contribution in [1.82, 2.24) is 10.6 Å². The molecule has 0 amide bonds. The van der Waals surface area contributed by atoms with Crippen molar-refractivity contribution >= 4 is 51.5 Å². The summed E-state index contributed by atoms with van der Waals surface area (Å²) in [6.07, 6.45) is 2.14. The van der Waals surface area contributed by atoms with Crippen molar-refractivity contribution in [3.8, 4) is 0 Å². The Bertz CT molecular complexity index is 665. The third-order valence-electron chi connectivity index (χ3n) is 3.66. The highest BCUT2D eigenvalue weighted by Crippen LogP contribution is 2.18. The van der Waals surface area contributed by atoms with E-state index in [-0.39, 0.29) is 36.3 Å². The lowest BCUT2D eigenvalue weighted by Crippen LogP contribution is -2.41. The fourth-order valence-electron chi connectivity index (χ4n) is 1.73. The number of thioether (sulfide) groups is 1. The number of benzene rings is 1. The minimum Gasteiger partial charge on any atom is -0.357 e. The highest BCUT2D eigenvalue weighted by atomic mass is 127. The molecule has 0 spiro atoms. The van der Waals surface area contributed by atoms with Crippen molar-refractivity contribution < 1.29 is 12.8 Å². The van der Waals surface area contributed by atoms with Crippen molar-refractivity contribution in [2.45, 2.75) is 36.8 Å². The molecule has 0 aliphatic rings. The molecule has 1 rings (SSSR count). The maximum atomic E-state index is 12.8. The van der Waals surface area contributed by atoms with Crippen LogP contribution >= 0.6 is 35.7 Å². The van der Waals surface area contributed by atoms with Gasteiger partial charge in [0.05, 0.1) is 11.3 Å². The fraction of sp³-hybridized carbons (Fsp3) is 0.588. The van der Waals surface area contributed by atoms with Gasteiger partial charge in [-0.2, -0.15) is 0 Å². The van der Waals surface area contributed by atoms with E-state index in [2.05, 4.69) is 15.6 Å². The molecule has 0 bridgehead atoms. The van der Waals surface area contributed by atoms with Gasteiger partial charge in [0, 0.05) is 24.2 Å². The molecule has 26 heavy (non-hydrogen) atoms. The standard InChI is InChI=1S/C17H28FN3O2S2.HI/c1-5-19-16(21-13-17(2,3)25(4,22)23)20-11-6-12-24-15-9-7-14(18)8-10-15;/h7-10H,5-6,11-13H2,1-4H3,(H2,19,20,21);1H. The highest BCUT2D eigenvalue weighted by molar-refractivity contribution is 14.0. The second-order valence-corrected chi connectivity index (χ2v) is 10.1. The Morgan fingerprint density at radius 1 is 1.23 bits per heavy atom. The summed E-state index contributed by atoms with van der Waals surface area (Å²) in [4.78, 5) is 5.42. The van der Waals surface area contributed by atoms with Crippen LogP contribution in [0.2, 0.25) is 0 Å². The maximum absolute atomic E-state index is 12.8. The molecule has 0 heterocycles. The summed E-state index contributed by atoms with van der Waals surface area (Å²) < 4.78 is 35.4. The van der Waals surface area contributed by atoms with Crippen molar-refractivity contribution in [3.05, 3.63) is 30.1 Å². The van der Waals surface area contributed by atoms with E-state index < -0.39 is 14.6 Å². The highest BCUT2D eigenvalue weighted by Gasteiger charge is 2.29. The molecule has 0 atom stereocenters. The first-order valence-electron chi connectivity index (χ1n) is 8.26. The molecule has 9 heteroatoms. The van der Waals surface area contributed by atoms with Crippen LogP contribution in [0.1, 0.15) is 27.2 Å². The van der Waals surface area contributed by atoms with E-state index in [1.807, 2.05) is 6.92 Å². The number of sulfone groups is 1. The van der Waals surface area contributed by atoms with Crippen LogP contribution in [0.5, 0.6) is 0 Å². The Morgan fingerprint density at radius 2 is 1.85 bits per heavy atom. The number of guanidine groups is 1. The zero-order chi connectivity index (χ0) is 18.9. The van der Waals surface area contributed by atoms with Crippen molar-refractivity contribution in [2.24, 2.45) is 4.99 Å². The van der Waals surface area contributed by atoms with Gasteiger partial charge in [0.25, 0.3) is 0 Å². The SMILES string of the molecule is CCNC(=NCC(C)(C)S(C)(=O)=O)NCCCSc1ccc(F)cc1.I. The van der Waals surface area contributed by atoms with E-state index >= 15 is 0 Å². The number of nitrogens with one attached hydrogen (secondary N) is 2. The molecule has 0 radical (unpaired) electrons. The minimum atomic E-state index is -3.17. The van der Waals surface area contributed by atoms with Gasteiger partial charge in [-0.1, -0.05) is 0 Å². The molecule has 0 aliphatic heterocycles. The Labute approximate surface area is 177 Å². The quantitative estimate of drug-likeness (QED) is 0.173. The second kappa shape index (κ2) is 12.0. The van der Waals surface area contributed by atoms with Gasteiger partial charge < -0.3 is 10.6 Å². The van der Waals surface area contributed by atoms with Crippen LogP contribution in [0.3, 0.4) is 0 Å². The smallest absolute Gasteiger partial charge is 0.191 e. The van der Waals surface area contributed by atoms with Crippen LogP contribution < -0.4 is 10.6 Å². The number of hydrogen-bond donors (Lipinski definition) is 2. The molecule has 0 saturated carbocycles. The lowest BCUT2D eigenvalue weighted by Gasteiger charge is -2.21. The largest absolute Gasteiger partial charge is 0.357 e. The van der Waals surface area contributed by atoms with Crippen LogP contribution in [-0.2, 0) is 9.84 Å². The van der Waals surface area contributed by atoms with Crippen LogP contribution in [0.25, 0.3) is 0 Å². The number of nitrogens with zero attached hydrogens (tertiary/aromatic N) is 1. The third-order valence-corrected chi connectivity index (χ3v) is 6.90. The van der Waals surface area contributed by atoms with E-state index in [0.29, 0.717) is 12.5 Å². The van der Waals surface area contributed by atoms with E-state index in [9.17, 15) is 12.8 Å². The van der Waals surface area contributed by atoms with Crippen molar-refractivity contribution in [1.29, 1.82) is 0 Å². The molecule has 0 aromatic heterocycles. The Hall–Kier alpha value is -0.550. The van der Waals surface area contributed by atoms with Gasteiger partial charge in [-0.05, 0) is 57.2 Å². The van der Waals surface area contributed by atoms with Gasteiger partial charge in [0.1, 0.15) is 5.82 Å². The van der Waals surface area contributed by atoms with Gasteiger partial charge >= 0.3 is 0 Å². The third kappa shape index (κ3) is 9.40. The van der Waals surface area contributed by atoms with Gasteiger partial charge in [-0.15, -0.1) is 35.7 Å². The summed E-state index contributed by atoms with van der Waals surface area (Å²) in [5.74, 6) is 1.29. The van der Waals surface area contributed by atoms with E-state index in [4.69, 9.17) is 0 Å². The predicted octanol–water partition coefficient (Wildman–Crippen LogP) is 3.30. The molecular formula is C17H29FIN3O2S2.